The summed E-state index contributed by atoms with van der Waals surface area (Å²) in [6.07, 6.45) is 15.1. The minimum atomic E-state index is -1.40. The molecule has 3 saturated carbocycles. The molecule has 0 radical (unpaired) electrons. The van der Waals surface area contributed by atoms with Crippen molar-refractivity contribution >= 4 is 91.7 Å². The zero-order chi connectivity index (χ0) is 74.3. The summed E-state index contributed by atoms with van der Waals surface area (Å²) in [7, 11) is 0. The van der Waals surface area contributed by atoms with Crippen molar-refractivity contribution in [2.45, 2.75) is 207 Å². The van der Waals surface area contributed by atoms with Crippen LogP contribution in [0.3, 0.4) is 0 Å². The number of aromatic nitrogens is 8. The first-order valence-electron chi connectivity index (χ1n) is 36.4. The summed E-state index contributed by atoms with van der Waals surface area (Å²) in [6, 6.07) is 8.54. The number of anilines is 6. The Balaban J connectivity index is 0.000000176. The van der Waals surface area contributed by atoms with Gasteiger partial charge in [-0.15, -0.1) is 0 Å². The highest BCUT2D eigenvalue weighted by molar-refractivity contribution is 6.34. The number of amides is 4. The van der Waals surface area contributed by atoms with E-state index in [9.17, 15) is 19.2 Å². The molecule has 4 aliphatic heterocycles. The maximum Gasteiger partial charge on any atom is 0.252 e. The first-order chi connectivity index (χ1) is 49.2. The lowest BCUT2D eigenvalue weighted by molar-refractivity contribution is -0.124. The van der Waals surface area contributed by atoms with Crippen LogP contribution in [-0.4, -0.2) is 135 Å². The van der Waals surface area contributed by atoms with E-state index in [1.807, 2.05) is 37.2 Å². The molecule has 1 spiro atoms. The summed E-state index contributed by atoms with van der Waals surface area (Å²) in [5, 5.41) is 10.3. The number of halogens is 7. The molecule has 6 aromatic heterocycles. The Labute approximate surface area is 605 Å². The third-order valence-corrected chi connectivity index (χ3v) is 23.5. The van der Waals surface area contributed by atoms with Crippen LogP contribution in [0.25, 0.3) is 44.6 Å². The van der Waals surface area contributed by atoms with Crippen LogP contribution in [0.4, 0.5) is 60.7 Å². The van der Waals surface area contributed by atoms with Gasteiger partial charge in [-0.1, -0.05) is 18.0 Å². The van der Waals surface area contributed by atoms with E-state index < -0.39 is 68.5 Å². The molecule has 0 bridgehead atoms. The van der Waals surface area contributed by atoms with Gasteiger partial charge in [0.15, 0.2) is 34.9 Å². The number of nitrogens with zero attached hydrogens (tertiary/aromatic N) is 12. The van der Waals surface area contributed by atoms with E-state index in [0.717, 1.165) is 57.9 Å². The number of piperidine rings is 2. The summed E-state index contributed by atoms with van der Waals surface area (Å²) >= 11 is 6.05. The normalized spacial score (nSPS) is 22.4. The third-order valence-electron chi connectivity index (χ3n) is 23.1. The molecule has 2 saturated heterocycles. The van der Waals surface area contributed by atoms with E-state index in [0.29, 0.717) is 56.8 Å². The molecule has 5 fully saturated rings. The predicted octanol–water partition coefficient (Wildman–Crippen LogP) is 15.4. The summed E-state index contributed by atoms with van der Waals surface area (Å²) in [4.78, 5) is 89.7. The molecule has 27 heteroatoms. The van der Waals surface area contributed by atoms with Gasteiger partial charge in [-0.05, 0) is 216 Å². The number of imidazole rings is 2. The number of rotatable bonds is 16. The van der Waals surface area contributed by atoms with Crippen molar-refractivity contribution in [3.63, 3.8) is 0 Å². The molecular formula is C77H89ClF6N16O4. The molecule has 8 aromatic rings. The topological polar surface area (TPSA) is 217 Å². The lowest BCUT2D eigenvalue weighted by Gasteiger charge is -2.56. The quantitative estimate of drug-likeness (QED) is 0.0402. The Morgan fingerprint density at radius 1 is 0.558 bits per heavy atom. The molecule has 20 nitrogen and oxygen atoms in total. The maximum atomic E-state index is 16.2. The first kappa shape index (κ1) is 72.2. The molecule has 2 aromatic carbocycles. The summed E-state index contributed by atoms with van der Waals surface area (Å²) in [5.74, 6) is -8.03. The van der Waals surface area contributed by atoms with Crippen LogP contribution >= 0.6 is 11.6 Å². The minimum absolute atomic E-state index is 0.00123. The van der Waals surface area contributed by atoms with Crippen molar-refractivity contribution in [1.82, 2.24) is 59.5 Å². The number of likely N-dealkylation sites (tertiary alicyclic amines) is 2. The van der Waals surface area contributed by atoms with Crippen molar-refractivity contribution in [3.8, 4) is 22.5 Å². The van der Waals surface area contributed by atoms with Crippen LogP contribution in [0.15, 0.2) is 49.1 Å². The Kier molecular flexibility index (Phi) is 18.3. The van der Waals surface area contributed by atoms with Crippen molar-refractivity contribution < 1.29 is 45.5 Å². The fraction of sp³-hybridized carbons (Fsp3) is 0.506. The number of carbonyl (C=O) groups excluding carboxylic acids is 4. The van der Waals surface area contributed by atoms with Crippen molar-refractivity contribution in [3.05, 3.63) is 117 Å². The van der Waals surface area contributed by atoms with Gasteiger partial charge in [0.2, 0.25) is 23.7 Å². The van der Waals surface area contributed by atoms with E-state index in [1.54, 1.807) is 87.9 Å². The molecule has 15 rings (SSSR count). The van der Waals surface area contributed by atoms with Gasteiger partial charge in [-0.3, -0.25) is 29.0 Å². The molecule has 10 heterocycles. The van der Waals surface area contributed by atoms with E-state index in [4.69, 9.17) is 21.6 Å². The van der Waals surface area contributed by atoms with Crippen LogP contribution < -0.4 is 31.1 Å². The molecule has 0 atom stereocenters. The average molecular weight is 1450 g/mol. The second-order valence-electron chi connectivity index (χ2n) is 31.7. The molecule has 4 N–H and O–H groups in total. The minimum Gasteiger partial charge on any atom is -0.352 e. The van der Waals surface area contributed by atoms with Crippen molar-refractivity contribution in [2.75, 3.05) is 59.7 Å². The van der Waals surface area contributed by atoms with Gasteiger partial charge >= 0.3 is 0 Å². The second-order valence-corrected chi connectivity index (χ2v) is 32.1. The van der Waals surface area contributed by atoms with Gasteiger partial charge in [0, 0.05) is 66.0 Å². The second kappa shape index (κ2) is 26.4. The molecular weight excluding hydrogens is 1360 g/mol. The highest BCUT2D eigenvalue weighted by Gasteiger charge is 2.59. The van der Waals surface area contributed by atoms with Crippen LogP contribution in [0, 0.1) is 47.5 Å². The van der Waals surface area contributed by atoms with Crippen LogP contribution in [0.5, 0.6) is 0 Å². The molecule has 0 unspecified atom stereocenters. The fourth-order valence-electron chi connectivity index (χ4n) is 16.9. The number of benzene rings is 2. The summed E-state index contributed by atoms with van der Waals surface area (Å²) in [6.45, 7) is 29.0. The van der Waals surface area contributed by atoms with E-state index in [2.05, 4.69) is 64.9 Å². The van der Waals surface area contributed by atoms with Gasteiger partial charge in [0.25, 0.3) is 11.8 Å². The van der Waals surface area contributed by atoms with Crippen LogP contribution in [0.1, 0.15) is 203 Å². The van der Waals surface area contributed by atoms with Gasteiger partial charge in [0.05, 0.1) is 102 Å². The molecule has 7 aliphatic rings. The lowest BCUT2D eigenvalue weighted by atomic mass is 9.70. The molecule has 3 aliphatic carbocycles. The maximum absolute atomic E-state index is 16.2. The summed E-state index contributed by atoms with van der Waals surface area (Å²) < 4.78 is 97.3. The van der Waals surface area contributed by atoms with Gasteiger partial charge in [-0.25, -0.2) is 47.5 Å². The molecule has 4 amide bonds. The Hall–Kier alpha value is -8.75. The van der Waals surface area contributed by atoms with Gasteiger partial charge in [0.1, 0.15) is 11.0 Å². The first-order valence-corrected chi connectivity index (χ1v) is 36.7. The monoisotopic (exact) mass is 1450 g/mol. The zero-order valence-corrected chi connectivity index (χ0v) is 61.9. The average Bonchev–Trinajstić information content (AvgIpc) is 1.57. The Morgan fingerprint density at radius 2 is 0.990 bits per heavy atom. The van der Waals surface area contributed by atoms with E-state index in [-0.39, 0.29) is 110 Å². The number of nitrogens with one attached hydrogen (secondary N) is 4. The zero-order valence-electron chi connectivity index (χ0n) is 61.1. The number of hydrogen-bond donors (Lipinski definition) is 4. The van der Waals surface area contributed by atoms with Crippen LogP contribution in [0.2, 0.25) is 5.02 Å². The fourth-order valence-corrected chi connectivity index (χ4v) is 17.1. The smallest absolute Gasteiger partial charge is 0.252 e. The van der Waals surface area contributed by atoms with E-state index in [1.165, 1.54) is 57.9 Å². The Morgan fingerprint density at radius 3 is 1.44 bits per heavy atom. The number of fused-ring (bicyclic) bond motifs is 4. The number of hydrogen-bond acceptors (Lipinski definition) is 14. The highest BCUT2D eigenvalue weighted by atomic mass is 35.5. The molecule has 550 valence electrons. The van der Waals surface area contributed by atoms with Crippen molar-refractivity contribution in [1.29, 1.82) is 0 Å². The Bertz CT molecular complexity index is 4860. The molecule has 104 heavy (non-hydrogen) atoms. The third kappa shape index (κ3) is 12.1. The van der Waals surface area contributed by atoms with E-state index >= 15 is 26.3 Å². The number of pyridine rings is 4. The SMILES string of the molecule is CCNC(=O)c1cc(Nc2nc(-c3cc4c(nc3F)C(C)(C)C(=O)N4C3CC(C)(N4CCCC5(CC5)C4)C3)cc3ncn(C(C)C)c23)c(F)c(F)c1Cl.CCNC(=O)c1cc(Nc2nc(-c3cc4c(nc3F)C(C)(C)C(=O)N4C3CC(C)(N4CCCCC4)C3)cc3ncn(C(C)C)c23)c(F)c(F)c1C. The summed E-state index contributed by atoms with van der Waals surface area (Å²) in [5.41, 5.74) is 1.22. The number of carbonyl (C=O) groups is 4. The lowest BCUT2D eigenvalue weighted by Crippen LogP contribution is -2.64. The van der Waals surface area contributed by atoms with Gasteiger partial charge in [-0.2, -0.15) is 8.78 Å². The largest absolute Gasteiger partial charge is 0.352 e. The standard InChI is InChI=1S/C39H44ClF3N8O2.C38H45F3N8O2/c1-7-44-35(52)23-13-25(29(41)30(42)28(23)40)47-34-31-26(45-19-50(31)20(2)3)15-24(46-34)22-14-27-32(48-33(22)43)37(4,5)36(53)51(27)21-16-38(6,17-21)49-12-8-9-39(18-49)10-11-39;1-8-42-35(50)23-14-26(30(40)29(39)21(23)4)45-34-31-27(43-19-48(31)20(2)3)16-25(44-34)24-15-28-32(46-33(24)41)37(5,6)36(51)49(28)22-17-38(7,18-22)47-12-10-9-11-13-47/h13-15,19-21H,7-12,16-18H2,1-6H3,(H,44,52)(H,46,47);14-16,19-20,22H,8-13,17-18H2,1-7H3,(H,42,50)(H,44,45). The predicted molar refractivity (Wildman–Crippen MR) is 389 cm³/mol. The highest BCUT2D eigenvalue weighted by Crippen LogP contribution is 2.57. The van der Waals surface area contributed by atoms with Crippen molar-refractivity contribution in [2.24, 2.45) is 5.41 Å². The van der Waals surface area contributed by atoms with Gasteiger partial charge < -0.3 is 40.2 Å². The van der Waals surface area contributed by atoms with Crippen LogP contribution in [-0.2, 0) is 20.4 Å².